The first-order valence-electron chi connectivity index (χ1n) is 6.61. The number of rotatable bonds is 5. The molecule has 0 aliphatic carbocycles. The lowest BCUT2D eigenvalue weighted by molar-refractivity contribution is 0.395. The number of benzene rings is 1. The molecule has 0 unspecified atom stereocenters. The summed E-state index contributed by atoms with van der Waals surface area (Å²) in [6.45, 7) is 3.86. The van der Waals surface area contributed by atoms with Crippen LogP contribution < -0.4 is 14.8 Å². The van der Waals surface area contributed by atoms with Crippen molar-refractivity contribution >= 4 is 23.1 Å². The molecule has 0 radical (unpaired) electrons. The Bertz CT molecular complexity index is 647. The van der Waals surface area contributed by atoms with Gasteiger partial charge in [0, 0.05) is 18.1 Å². The monoisotopic (exact) mass is 307 g/mol. The topological polar surface area (TPSA) is 56.3 Å². The van der Waals surface area contributed by atoms with Crippen molar-refractivity contribution in [1.82, 2.24) is 9.97 Å². The molecule has 21 heavy (non-hydrogen) atoms. The Morgan fingerprint density at radius 2 is 1.95 bits per heavy atom. The van der Waals surface area contributed by atoms with E-state index in [1.807, 2.05) is 26.0 Å². The quantitative estimate of drug-likeness (QED) is 0.852. The van der Waals surface area contributed by atoms with Crippen molar-refractivity contribution < 1.29 is 9.47 Å². The van der Waals surface area contributed by atoms with Gasteiger partial charge >= 0.3 is 0 Å². The Labute approximate surface area is 129 Å². The highest BCUT2D eigenvalue weighted by atomic mass is 35.5. The molecule has 1 N–H and O–H groups in total. The van der Waals surface area contributed by atoms with Crippen LogP contribution in [0.25, 0.3) is 0 Å². The fourth-order valence-corrected chi connectivity index (χ4v) is 2.03. The second-order valence-electron chi connectivity index (χ2n) is 4.45. The first kappa shape index (κ1) is 15.4. The average molecular weight is 308 g/mol. The van der Waals surface area contributed by atoms with Gasteiger partial charge in [-0.1, -0.05) is 18.5 Å². The van der Waals surface area contributed by atoms with E-state index in [0.29, 0.717) is 29.0 Å². The number of anilines is 2. The molecule has 2 aromatic rings. The number of nitrogens with one attached hydrogen (secondary N) is 1. The summed E-state index contributed by atoms with van der Waals surface area (Å²) in [7, 11) is 3.22. The lowest BCUT2D eigenvalue weighted by Crippen LogP contribution is -2.04. The van der Waals surface area contributed by atoms with Crippen LogP contribution in [-0.4, -0.2) is 24.2 Å². The average Bonchev–Trinajstić information content (AvgIpc) is 2.51. The highest BCUT2D eigenvalue weighted by Crippen LogP contribution is 2.32. The summed E-state index contributed by atoms with van der Waals surface area (Å²) in [5, 5.41) is 3.70. The summed E-state index contributed by atoms with van der Waals surface area (Å²) in [4.78, 5) is 8.70. The van der Waals surface area contributed by atoms with Gasteiger partial charge in [-0.2, -0.15) is 0 Å². The number of hydrogen-bond acceptors (Lipinski definition) is 5. The van der Waals surface area contributed by atoms with E-state index < -0.39 is 0 Å². The molecule has 112 valence electrons. The molecule has 0 amide bonds. The normalized spacial score (nSPS) is 10.3. The van der Waals surface area contributed by atoms with Gasteiger partial charge in [-0.15, -0.1) is 0 Å². The number of methoxy groups -OCH3 is 2. The fourth-order valence-electron chi connectivity index (χ4n) is 1.84. The third-order valence-corrected chi connectivity index (χ3v) is 3.48. The zero-order valence-electron chi connectivity index (χ0n) is 12.5. The van der Waals surface area contributed by atoms with Crippen molar-refractivity contribution in [3.8, 4) is 11.5 Å². The van der Waals surface area contributed by atoms with Crippen molar-refractivity contribution in [3.05, 3.63) is 34.7 Å². The third-order valence-electron chi connectivity index (χ3n) is 3.11. The Kier molecular flexibility index (Phi) is 4.85. The van der Waals surface area contributed by atoms with Gasteiger partial charge in [0.05, 0.1) is 19.9 Å². The third kappa shape index (κ3) is 3.36. The molecule has 0 atom stereocenters. The number of nitrogens with zero attached hydrogens (tertiary/aromatic N) is 2. The van der Waals surface area contributed by atoms with Gasteiger partial charge in [0.1, 0.15) is 28.3 Å². The molecule has 1 aromatic carbocycles. The van der Waals surface area contributed by atoms with E-state index in [9.17, 15) is 0 Å². The zero-order chi connectivity index (χ0) is 15.4. The van der Waals surface area contributed by atoms with Crippen LogP contribution in [0.15, 0.2) is 18.2 Å². The molecule has 0 bridgehead atoms. The summed E-state index contributed by atoms with van der Waals surface area (Å²) in [5.41, 5.74) is 1.59. The maximum atomic E-state index is 6.14. The van der Waals surface area contributed by atoms with Crippen molar-refractivity contribution in [1.29, 1.82) is 0 Å². The summed E-state index contributed by atoms with van der Waals surface area (Å²) in [5.74, 6) is 2.77. The Hall–Kier alpha value is -2.01. The summed E-state index contributed by atoms with van der Waals surface area (Å²) < 4.78 is 10.6. The second-order valence-corrected chi connectivity index (χ2v) is 4.81. The second kappa shape index (κ2) is 6.63. The summed E-state index contributed by atoms with van der Waals surface area (Å²) in [6, 6.07) is 5.53. The lowest BCUT2D eigenvalue weighted by Gasteiger charge is -2.14. The number of aryl methyl sites for hydroxylation is 1. The molecule has 0 aliphatic heterocycles. The van der Waals surface area contributed by atoms with Crippen molar-refractivity contribution in [2.75, 3.05) is 19.5 Å². The molecule has 1 heterocycles. The number of aromatic nitrogens is 2. The molecule has 1 aromatic heterocycles. The smallest absolute Gasteiger partial charge is 0.146 e. The molecule has 2 rings (SSSR count). The van der Waals surface area contributed by atoms with E-state index in [2.05, 4.69) is 15.3 Å². The maximum absolute atomic E-state index is 6.14. The summed E-state index contributed by atoms with van der Waals surface area (Å²) >= 11 is 6.14. The Morgan fingerprint density at radius 1 is 1.19 bits per heavy atom. The minimum atomic E-state index is 0.455. The molecule has 0 saturated heterocycles. The Morgan fingerprint density at radius 3 is 2.57 bits per heavy atom. The van der Waals surface area contributed by atoms with Gasteiger partial charge in [-0.25, -0.2) is 9.97 Å². The van der Waals surface area contributed by atoms with Crippen LogP contribution in [0.1, 0.15) is 18.3 Å². The summed E-state index contributed by atoms with van der Waals surface area (Å²) in [6.07, 6.45) is 0.717. The number of ether oxygens (including phenoxy) is 2. The van der Waals surface area contributed by atoms with Gasteiger partial charge in [0.15, 0.2) is 0 Å². The predicted molar refractivity (Wildman–Crippen MR) is 84.0 cm³/mol. The van der Waals surface area contributed by atoms with E-state index in [1.165, 1.54) is 0 Å². The molecule has 6 heteroatoms. The van der Waals surface area contributed by atoms with Crippen LogP contribution in [0, 0.1) is 6.92 Å². The predicted octanol–water partition coefficient (Wildman–Crippen LogP) is 3.76. The van der Waals surface area contributed by atoms with E-state index in [1.54, 1.807) is 20.3 Å². The molecule has 0 fully saturated rings. The fraction of sp³-hybridized carbons (Fsp3) is 0.333. The van der Waals surface area contributed by atoms with Gasteiger partial charge in [0.2, 0.25) is 0 Å². The Balaban J connectivity index is 2.40. The minimum Gasteiger partial charge on any atom is -0.497 e. The highest BCUT2D eigenvalue weighted by molar-refractivity contribution is 6.30. The van der Waals surface area contributed by atoms with E-state index in [4.69, 9.17) is 21.1 Å². The molecular formula is C15H18ClN3O2. The number of hydrogen-bond donors (Lipinski definition) is 1. The van der Waals surface area contributed by atoms with E-state index in [-0.39, 0.29) is 0 Å². The maximum Gasteiger partial charge on any atom is 0.146 e. The minimum absolute atomic E-state index is 0.455. The number of halogens is 1. The molecule has 0 spiro atoms. The molecular weight excluding hydrogens is 290 g/mol. The van der Waals surface area contributed by atoms with Crippen LogP contribution >= 0.6 is 11.6 Å². The SMILES string of the molecule is CCc1nc(Cl)c(C)c(Nc2ccc(OC)cc2OC)n1. The van der Waals surface area contributed by atoms with Crippen LogP contribution in [0.2, 0.25) is 5.15 Å². The van der Waals surface area contributed by atoms with Crippen LogP contribution in [0.5, 0.6) is 11.5 Å². The molecule has 5 nitrogen and oxygen atoms in total. The van der Waals surface area contributed by atoms with Crippen molar-refractivity contribution in [2.45, 2.75) is 20.3 Å². The first-order valence-corrected chi connectivity index (χ1v) is 6.98. The van der Waals surface area contributed by atoms with Crippen molar-refractivity contribution in [2.24, 2.45) is 0 Å². The lowest BCUT2D eigenvalue weighted by atomic mass is 10.2. The standard InChI is InChI=1S/C15H18ClN3O2/c1-5-13-18-14(16)9(2)15(19-13)17-11-7-6-10(20-3)8-12(11)21-4/h6-8H,5H2,1-4H3,(H,17,18,19). The largest absolute Gasteiger partial charge is 0.497 e. The van der Waals surface area contributed by atoms with Crippen LogP contribution in [0.3, 0.4) is 0 Å². The van der Waals surface area contributed by atoms with E-state index >= 15 is 0 Å². The van der Waals surface area contributed by atoms with Gasteiger partial charge < -0.3 is 14.8 Å². The van der Waals surface area contributed by atoms with E-state index in [0.717, 1.165) is 17.0 Å². The zero-order valence-corrected chi connectivity index (χ0v) is 13.3. The van der Waals surface area contributed by atoms with Gasteiger partial charge in [-0.3, -0.25) is 0 Å². The molecule has 0 saturated carbocycles. The van der Waals surface area contributed by atoms with Crippen LogP contribution in [0.4, 0.5) is 11.5 Å². The highest BCUT2D eigenvalue weighted by Gasteiger charge is 2.11. The van der Waals surface area contributed by atoms with Crippen molar-refractivity contribution in [3.63, 3.8) is 0 Å². The van der Waals surface area contributed by atoms with Gasteiger partial charge in [-0.05, 0) is 19.1 Å². The first-order chi connectivity index (χ1) is 10.1. The van der Waals surface area contributed by atoms with Crippen LogP contribution in [-0.2, 0) is 6.42 Å². The molecule has 0 aliphatic rings. The van der Waals surface area contributed by atoms with Gasteiger partial charge in [0.25, 0.3) is 0 Å².